The van der Waals surface area contributed by atoms with Crippen molar-refractivity contribution in [2.75, 3.05) is 20.7 Å². The van der Waals surface area contributed by atoms with E-state index in [1.165, 1.54) is 12.0 Å². The largest absolute Gasteiger partial charge is 0.497 e. The molecule has 0 aromatic heterocycles. The molecule has 0 bridgehead atoms. The first-order chi connectivity index (χ1) is 9.78. The summed E-state index contributed by atoms with van der Waals surface area (Å²) in [4.78, 5) is 8.36. The number of carboxylic acid groups (broad SMARTS) is 1. The Kier molecular flexibility index (Phi) is 26.6. The van der Waals surface area contributed by atoms with Gasteiger partial charge in [0.05, 0.1) is 7.11 Å². The minimum absolute atomic E-state index is 0.250. The predicted molar refractivity (Wildman–Crippen MR) is 86.6 cm³/mol. The zero-order valence-corrected chi connectivity index (χ0v) is 13.8. The maximum atomic E-state index is 8.36. The molecule has 0 heterocycles. The lowest BCUT2D eigenvalue weighted by atomic mass is 10.1. The molecule has 118 valence electrons. The minimum atomic E-state index is -0.250. The van der Waals surface area contributed by atoms with Gasteiger partial charge in [-0.3, -0.25) is 4.79 Å². The second kappa shape index (κ2) is 22.6. The Morgan fingerprint density at radius 2 is 1.60 bits per heavy atom. The van der Waals surface area contributed by atoms with Crippen molar-refractivity contribution < 1.29 is 14.6 Å². The molecule has 0 aliphatic heterocycles. The van der Waals surface area contributed by atoms with E-state index in [1.807, 2.05) is 46.9 Å². The van der Waals surface area contributed by atoms with Crippen LogP contribution in [0.1, 0.15) is 39.7 Å². The van der Waals surface area contributed by atoms with E-state index in [4.69, 9.17) is 14.6 Å². The van der Waals surface area contributed by atoms with Gasteiger partial charge in [0.25, 0.3) is 6.47 Å². The fourth-order valence-electron chi connectivity index (χ4n) is 1.26. The van der Waals surface area contributed by atoms with Crippen molar-refractivity contribution in [2.45, 2.75) is 40.5 Å². The van der Waals surface area contributed by atoms with Gasteiger partial charge >= 0.3 is 0 Å². The highest BCUT2D eigenvalue weighted by atomic mass is 16.5. The van der Waals surface area contributed by atoms with Gasteiger partial charge in [-0.15, -0.1) is 0 Å². The number of rotatable bonds is 5. The van der Waals surface area contributed by atoms with Gasteiger partial charge in [0.1, 0.15) is 5.75 Å². The molecule has 0 aliphatic rings. The van der Waals surface area contributed by atoms with Crippen LogP contribution in [0.3, 0.4) is 0 Å². The Balaban J connectivity index is -0.000000355. The SMILES string of the molecule is CC.CC.CNCCCc1ccc(OC)cc1.O=CO. The Labute approximate surface area is 124 Å². The molecule has 0 amide bonds. The number of ether oxygens (including phenoxy) is 1. The second-order valence-corrected chi connectivity index (χ2v) is 3.16. The summed E-state index contributed by atoms with van der Waals surface area (Å²) in [6.45, 7) is 8.83. The first-order valence-electron chi connectivity index (χ1n) is 7.13. The normalized spacial score (nSPS) is 7.70. The second-order valence-electron chi connectivity index (χ2n) is 3.16. The zero-order valence-electron chi connectivity index (χ0n) is 13.8. The van der Waals surface area contributed by atoms with Gasteiger partial charge in [0, 0.05) is 0 Å². The molecular formula is C16H31NO3. The third kappa shape index (κ3) is 16.4. The van der Waals surface area contributed by atoms with Crippen LogP contribution in [0, 0.1) is 0 Å². The highest BCUT2D eigenvalue weighted by Crippen LogP contribution is 2.12. The summed E-state index contributed by atoms with van der Waals surface area (Å²) in [6, 6.07) is 8.26. The monoisotopic (exact) mass is 285 g/mol. The summed E-state index contributed by atoms with van der Waals surface area (Å²) < 4.78 is 5.08. The van der Waals surface area contributed by atoms with Crippen LogP contribution in [-0.2, 0) is 11.2 Å². The predicted octanol–water partition coefficient (Wildman–Crippen LogP) is 3.60. The van der Waals surface area contributed by atoms with Crippen LogP contribution in [0.15, 0.2) is 24.3 Å². The van der Waals surface area contributed by atoms with Crippen molar-refractivity contribution in [3.05, 3.63) is 29.8 Å². The van der Waals surface area contributed by atoms with Crippen molar-refractivity contribution in [3.63, 3.8) is 0 Å². The molecule has 1 aromatic rings. The molecular weight excluding hydrogens is 254 g/mol. The van der Waals surface area contributed by atoms with Gasteiger partial charge in [0.15, 0.2) is 0 Å². The summed E-state index contributed by atoms with van der Waals surface area (Å²) in [7, 11) is 3.67. The van der Waals surface area contributed by atoms with Crippen LogP contribution in [0.25, 0.3) is 0 Å². The van der Waals surface area contributed by atoms with Crippen molar-refractivity contribution in [1.29, 1.82) is 0 Å². The van der Waals surface area contributed by atoms with Crippen LogP contribution in [0.4, 0.5) is 0 Å². The summed E-state index contributed by atoms with van der Waals surface area (Å²) in [5, 5.41) is 10.0. The van der Waals surface area contributed by atoms with Crippen LogP contribution < -0.4 is 10.1 Å². The van der Waals surface area contributed by atoms with E-state index in [1.54, 1.807) is 7.11 Å². The molecule has 1 aromatic carbocycles. The quantitative estimate of drug-likeness (QED) is 0.641. The van der Waals surface area contributed by atoms with Gasteiger partial charge in [0.2, 0.25) is 0 Å². The lowest BCUT2D eigenvalue weighted by Crippen LogP contribution is -2.08. The maximum absolute atomic E-state index is 8.36. The summed E-state index contributed by atoms with van der Waals surface area (Å²) >= 11 is 0. The highest BCUT2D eigenvalue weighted by Gasteiger charge is 1.93. The Morgan fingerprint density at radius 3 is 1.95 bits per heavy atom. The molecule has 0 aliphatic carbocycles. The molecule has 20 heavy (non-hydrogen) atoms. The number of nitrogens with one attached hydrogen (secondary N) is 1. The third-order valence-electron chi connectivity index (χ3n) is 2.05. The minimum Gasteiger partial charge on any atom is -0.497 e. The number of hydrogen-bond acceptors (Lipinski definition) is 3. The van der Waals surface area contributed by atoms with Crippen molar-refractivity contribution in [2.24, 2.45) is 0 Å². The molecule has 2 N–H and O–H groups in total. The lowest BCUT2D eigenvalue weighted by Gasteiger charge is -2.02. The van der Waals surface area contributed by atoms with E-state index >= 15 is 0 Å². The molecule has 0 unspecified atom stereocenters. The van der Waals surface area contributed by atoms with E-state index in [0.29, 0.717) is 0 Å². The maximum Gasteiger partial charge on any atom is 0.290 e. The van der Waals surface area contributed by atoms with Gasteiger partial charge < -0.3 is 15.2 Å². The molecule has 0 atom stereocenters. The molecule has 4 nitrogen and oxygen atoms in total. The van der Waals surface area contributed by atoms with E-state index in [0.717, 1.165) is 18.7 Å². The third-order valence-corrected chi connectivity index (χ3v) is 2.05. The molecule has 0 spiro atoms. The summed E-state index contributed by atoms with van der Waals surface area (Å²) in [6.07, 6.45) is 2.31. The average molecular weight is 285 g/mol. The molecule has 1 rings (SSSR count). The van der Waals surface area contributed by atoms with E-state index in [-0.39, 0.29) is 6.47 Å². The first-order valence-corrected chi connectivity index (χ1v) is 7.13. The smallest absolute Gasteiger partial charge is 0.290 e. The lowest BCUT2D eigenvalue weighted by molar-refractivity contribution is -0.122. The average Bonchev–Trinajstić information content (AvgIpc) is 2.53. The van der Waals surface area contributed by atoms with Crippen LogP contribution in [-0.4, -0.2) is 32.3 Å². The van der Waals surface area contributed by atoms with E-state index in [9.17, 15) is 0 Å². The Morgan fingerprint density at radius 1 is 1.15 bits per heavy atom. The first kappa shape index (κ1) is 23.5. The van der Waals surface area contributed by atoms with Crippen LogP contribution in [0.5, 0.6) is 5.75 Å². The Hall–Kier alpha value is -1.55. The molecule has 0 fully saturated rings. The van der Waals surface area contributed by atoms with Crippen molar-refractivity contribution in [3.8, 4) is 5.75 Å². The van der Waals surface area contributed by atoms with E-state index < -0.39 is 0 Å². The molecule has 0 radical (unpaired) electrons. The Bertz CT molecular complexity index is 274. The number of methoxy groups -OCH3 is 1. The molecule has 0 saturated heterocycles. The summed E-state index contributed by atoms with van der Waals surface area (Å²) in [5.41, 5.74) is 1.37. The van der Waals surface area contributed by atoms with Crippen molar-refractivity contribution in [1.82, 2.24) is 5.32 Å². The van der Waals surface area contributed by atoms with Gasteiger partial charge in [-0.25, -0.2) is 0 Å². The highest BCUT2D eigenvalue weighted by molar-refractivity contribution is 5.32. The molecule has 0 saturated carbocycles. The van der Waals surface area contributed by atoms with Gasteiger partial charge in [-0.05, 0) is 44.1 Å². The standard InChI is InChI=1S/C11H17NO.2C2H6.CH2O2/c1-12-9-3-4-10-5-7-11(13-2)8-6-10;2*1-2;2-1-3/h5-8,12H,3-4,9H2,1-2H3;2*1-2H3;1H,(H,2,3). The van der Waals surface area contributed by atoms with Crippen LogP contribution in [0.2, 0.25) is 0 Å². The zero-order chi connectivity index (χ0) is 16.2. The molecule has 4 heteroatoms. The van der Waals surface area contributed by atoms with E-state index in [2.05, 4.69) is 17.4 Å². The summed E-state index contributed by atoms with van der Waals surface area (Å²) in [5.74, 6) is 0.928. The number of carbonyl (C=O) groups is 1. The number of hydrogen-bond donors (Lipinski definition) is 2. The fraction of sp³-hybridized carbons (Fsp3) is 0.562. The van der Waals surface area contributed by atoms with Crippen LogP contribution >= 0.6 is 0 Å². The van der Waals surface area contributed by atoms with Crippen molar-refractivity contribution >= 4 is 6.47 Å². The number of benzene rings is 1. The fourth-order valence-corrected chi connectivity index (χ4v) is 1.26. The van der Waals surface area contributed by atoms with Gasteiger partial charge in [-0.1, -0.05) is 39.8 Å². The topological polar surface area (TPSA) is 58.6 Å². The van der Waals surface area contributed by atoms with Gasteiger partial charge in [-0.2, -0.15) is 0 Å². The number of aryl methyl sites for hydroxylation is 1.